The second kappa shape index (κ2) is 12.5. The first-order chi connectivity index (χ1) is 19.7. The number of carbonyl (C=O) groups is 2. The van der Waals surface area contributed by atoms with Crippen LogP contribution in [0.25, 0.3) is 11.1 Å². The third-order valence-corrected chi connectivity index (χ3v) is 8.07. The lowest BCUT2D eigenvalue weighted by Crippen LogP contribution is -2.51. The van der Waals surface area contributed by atoms with E-state index in [0.717, 1.165) is 22.2 Å². The van der Waals surface area contributed by atoms with E-state index in [9.17, 15) is 19.2 Å². The Morgan fingerprint density at radius 1 is 1.02 bits per heavy atom. The van der Waals surface area contributed by atoms with Crippen molar-refractivity contribution in [2.75, 3.05) is 38.7 Å². The molecular weight excluding hydrogens is 569 g/mol. The number of ether oxygens (including phenoxy) is 1. The predicted octanol–water partition coefficient (Wildman–Crippen LogP) is 3.71. The molecule has 0 unspecified atom stereocenters. The molecule has 0 spiro atoms. The van der Waals surface area contributed by atoms with E-state index in [0.29, 0.717) is 48.1 Å². The number of nitrogens with zero attached hydrogens (tertiary/aromatic N) is 4. The second-order valence-corrected chi connectivity index (χ2v) is 11.1. The monoisotopic (exact) mass is 599 g/mol. The minimum atomic E-state index is -0.604. The molecule has 1 fully saturated rings. The summed E-state index contributed by atoms with van der Waals surface area (Å²) < 4.78 is 7.40. The first kappa shape index (κ1) is 28.9. The lowest BCUT2D eigenvalue weighted by atomic mass is 10.0. The van der Waals surface area contributed by atoms with Crippen LogP contribution in [0.15, 0.2) is 58.3 Å². The molecule has 2 aliphatic heterocycles. The second-order valence-electron chi connectivity index (χ2n) is 10.2. The van der Waals surface area contributed by atoms with Crippen LogP contribution in [0.3, 0.4) is 0 Å². The summed E-state index contributed by atoms with van der Waals surface area (Å²) in [5, 5.41) is 3.69. The molecule has 0 saturated carbocycles. The van der Waals surface area contributed by atoms with Gasteiger partial charge in [-0.1, -0.05) is 41.4 Å². The largest absolute Gasteiger partial charge is 0.383 e. The first-order valence-electron chi connectivity index (χ1n) is 13.5. The highest BCUT2D eigenvalue weighted by molar-refractivity contribution is 6.35. The number of fused-ring (bicyclic) bond motifs is 1. The molecule has 3 amide bonds. The number of nitrogens with one attached hydrogen (secondary N) is 1. The molecule has 0 atom stereocenters. The first-order valence-corrected chi connectivity index (χ1v) is 14.2. The van der Waals surface area contributed by atoms with Gasteiger partial charge in [0.2, 0.25) is 5.91 Å². The number of halogens is 2. The quantitative estimate of drug-likeness (QED) is 0.445. The van der Waals surface area contributed by atoms with Gasteiger partial charge in [-0.3, -0.25) is 18.7 Å². The number of anilines is 1. The van der Waals surface area contributed by atoms with Gasteiger partial charge in [0.15, 0.2) is 0 Å². The van der Waals surface area contributed by atoms with Crippen LogP contribution in [-0.4, -0.2) is 70.3 Å². The minimum Gasteiger partial charge on any atom is -0.383 e. The van der Waals surface area contributed by atoms with Gasteiger partial charge in [-0.25, -0.2) is 9.59 Å². The maximum Gasteiger partial charge on any atom is 0.331 e. The van der Waals surface area contributed by atoms with Gasteiger partial charge in [-0.2, -0.15) is 0 Å². The Balaban J connectivity index is 1.31. The van der Waals surface area contributed by atoms with Gasteiger partial charge < -0.3 is 19.9 Å². The lowest BCUT2D eigenvalue weighted by molar-refractivity contribution is -0.133. The van der Waals surface area contributed by atoms with Crippen molar-refractivity contribution in [3.8, 4) is 11.1 Å². The van der Waals surface area contributed by atoms with Gasteiger partial charge in [-0.15, -0.1) is 0 Å². The molecule has 3 aromatic rings. The van der Waals surface area contributed by atoms with Crippen LogP contribution >= 0.6 is 23.2 Å². The molecule has 2 aromatic carbocycles. The molecule has 1 saturated heterocycles. The Kier molecular flexibility index (Phi) is 8.82. The van der Waals surface area contributed by atoms with Crippen LogP contribution in [0.5, 0.6) is 0 Å². The van der Waals surface area contributed by atoms with Crippen molar-refractivity contribution >= 4 is 40.8 Å². The molecule has 5 rings (SSSR count). The summed E-state index contributed by atoms with van der Waals surface area (Å²) in [5.41, 5.74) is 1.46. The fourth-order valence-electron chi connectivity index (χ4n) is 5.46. The summed E-state index contributed by atoms with van der Waals surface area (Å²) in [6.07, 6.45) is 3.41. The van der Waals surface area contributed by atoms with Crippen LogP contribution < -0.4 is 16.6 Å². The molecule has 41 heavy (non-hydrogen) atoms. The summed E-state index contributed by atoms with van der Waals surface area (Å²) >= 11 is 12.3. The number of urea groups is 1. The number of amides is 3. The van der Waals surface area contributed by atoms with E-state index < -0.39 is 11.2 Å². The Labute approximate surface area is 247 Å². The number of hydrogen-bond acceptors (Lipinski definition) is 5. The van der Waals surface area contributed by atoms with Crippen molar-refractivity contribution in [1.82, 2.24) is 18.9 Å². The lowest BCUT2D eigenvalue weighted by Gasteiger charge is -2.38. The summed E-state index contributed by atoms with van der Waals surface area (Å²) in [4.78, 5) is 56.4. The average Bonchev–Trinajstić information content (AvgIpc) is 3.12. The normalized spacial score (nSPS) is 15.8. The van der Waals surface area contributed by atoms with Gasteiger partial charge in [0.05, 0.1) is 18.7 Å². The van der Waals surface area contributed by atoms with E-state index in [1.54, 1.807) is 23.1 Å². The minimum absolute atomic E-state index is 0.00575. The summed E-state index contributed by atoms with van der Waals surface area (Å²) in [7, 11) is 1.48. The molecule has 1 N–H and O–H groups in total. The maximum atomic E-state index is 13.4. The molecule has 0 aliphatic carbocycles. The zero-order valence-corrected chi connectivity index (χ0v) is 24.2. The fraction of sp³-hybridized carbons (Fsp3) is 0.379. The Hall–Kier alpha value is -3.60. The molecule has 10 nitrogen and oxygen atoms in total. The molecular formula is C29H31Cl2N5O5. The topological polar surface area (TPSA) is 106 Å². The number of hydrogen-bond donors (Lipinski definition) is 1. The van der Waals surface area contributed by atoms with Crippen molar-refractivity contribution in [3.63, 3.8) is 0 Å². The van der Waals surface area contributed by atoms with Crippen LogP contribution in [0.1, 0.15) is 18.4 Å². The highest BCUT2D eigenvalue weighted by Crippen LogP contribution is 2.26. The SMILES string of the molecule is COCCn1c(=O)c(-c2cc(Cl)cc(Cl)c2)cn(CC(=O)N2CCC(N3CCc4ccccc4NC3=O)CC2)c1=O. The molecule has 3 heterocycles. The number of methoxy groups -OCH3 is 1. The van der Waals surface area contributed by atoms with Crippen LogP contribution in [0, 0.1) is 0 Å². The van der Waals surface area contributed by atoms with E-state index in [-0.39, 0.29) is 43.2 Å². The standard InChI is InChI=1S/C29H31Cl2N5O5/c1-41-13-12-36-27(38)24(20-14-21(30)16-22(31)15-20)17-34(29(36)40)18-26(37)33-9-7-23(8-10-33)35-11-6-19-4-2-3-5-25(19)32-28(35)39/h2-5,14-17,23H,6-13,18H2,1H3,(H,32,39). The number of aromatic nitrogens is 2. The Morgan fingerprint density at radius 2 is 1.73 bits per heavy atom. The molecule has 1 aromatic heterocycles. The van der Waals surface area contributed by atoms with Crippen molar-refractivity contribution in [2.24, 2.45) is 0 Å². The summed E-state index contributed by atoms with van der Waals surface area (Å²) in [5.74, 6) is -0.245. The molecule has 0 radical (unpaired) electrons. The van der Waals surface area contributed by atoms with Crippen molar-refractivity contribution < 1.29 is 14.3 Å². The number of benzene rings is 2. The fourth-order valence-corrected chi connectivity index (χ4v) is 5.99. The third kappa shape index (κ3) is 6.34. The van der Waals surface area contributed by atoms with Gasteiger partial charge >= 0.3 is 11.7 Å². The smallest absolute Gasteiger partial charge is 0.331 e. The van der Waals surface area contributed by atoms with E-state index in [4.69, 9.17) is 27.9 Å². The zero-order valence-electron chi connectivity index (χ0n) is 22.6. The van der Waals surface area contributed by atoms with E-state index in [2.05, 4.69) is 5.32 Å². The average molecular weight is 601 g/mol. The van der Waals surface area contributed by atoms with E-state index in [1.807, 2.05) is 29.2 Å². The predicted molar refractivity (Wildman–Crippen MR) is 158 cm³/mol. The van der Waals surface area contributed by atoms with E-state index in [1.165, 1.54) is 17.9 Å². The number of piperidine rings is 1. The van der Waals surface area contributed by atoms with Gasteiger partial charge in [-0.05, 0) is 54.7 Å². The van der Waals surface area contributed by atoms with Crippen LogP contribution in [0.4, 0.5) is 10.5 Å². The van der Waals surface area contributed by atoms with Crippen LogP contribution in [0.2, 0.25) is 10.0 Å². The highest BCUT2D eigenvalue weighted by atomic mass is 35.5. The number of para-hydroxylation sites is 1. The number of likely N-dealkylation sites (tertiary alicyclic amines) is 1. The van der Waals surface area contributed by atoms with Crippen molar-refractivity contribution in [2.45, 2.75) is 38.4 Å². The number of rotatable bonds is 7. The molecule has 12 heteroatoms. The van der Waals surface area contributed by atoms with Gasteiger partial charge in [0, 0.05) is 54.7 Å². The number of carbonyl (C=O) groups excluding carboxylic acids is 2. The Morgan fingerprint density at radius 3 is 2.44 bits per heavy atom. The molecule has 216 valence electrons. The van der Waals surface area contributed by atoms with Crippen LogP contribution in [-0.2, 0) is 29.0 Å². The summed E-state index contributed by atoms with van der Waals surface area (Å²) in [6, 6.07) is 12.4. The molecule has 2 aliphatic rings. The van der Waals surface area contributed by atoms with Gasteiger partial charge in [0.25, 0.3) is 5.56 Å². The van der Waals surface area contributed by atoms with Gasteiger partial charge in [0.1, 0.15) is 6.54 Å². The van der Waals surface area contributed by atoms with E-state index >= 15 is 0 Å². The summed E-state index contributed by atoms with van der Waals surface area (Å²) in [6.45, 7) is 1.45. The van der Waals surface area contributed by atoms with Crippen molar-refractivity contribution in [1.29, 1.82) is 0 Å². The molecule has 0 bridgehead atoms. The third-order valence-electron chi connectivity index (χ3n) is 7.64. The maximum absolute atomic E-state index is 13.4. The van der Waals surface area contributed by atoms with Crippen molar-refractivity contribution in [3.05, 3.63) is 85.1 Å². The zero-order chi connectivity index (χ0) is 29.1. The Bertz CT molecular complexity index is 1560. The highest BCUT2D eigenvalue weighted by Gasteiger charge is 2.31.